The van der Waals surface area contributed by atoms with Gasteiger partial charge in [0.25, 0.3) is 0 Å². The highest BCUT2D eigenvalue weighted by atomic mass is 16.2. The zero-order chi connectivity index (χ0) is 23.9. The summed E-state index contributed by atoms with van der Waals surface area (Å²) >= 11 is 0. The molecule has 0 aliphatic carbocycles. The van der Waals surface area contributed by atoms with Crippen molar-refractivity contribution in [3.05, 3.63) is 102 Å². The Balaban J connectivity index is 1.33. The van der Waals surface area contributed by atoms with Gasteiger partial charge >= 0.3 is 0 Å². The molecule has 6 heteroatoms. The third kappa shape index (κ3) is 5.78. The number of nitrogens with zero attached hydrogens (tertiary/aromatic N) is 1. The molecule has 0 fully saturated rings. The molecule has 0 bridgehead atoms. The standard InChI is InChI=1S/C28H27N3O3/c1-2-26(32)30-24-10-5-7-21(17-24)18-27(33)29-23-14-12-20(13-15-23)19-28(34)31-16-6-9-22-8-3-4-11-25(22)31/h2-5,7-8,10-15,17H,1,6,9,16,18-19H2,(H,29,33)(H,30,32). The lowest BCUT2D eigenvalue weighted by molar-refractivity contribution is -0.118. The van der Waals surface area contributed by atoms with E-state index in [4.69, 9.17) is 0 Å². The summed E-state index contributed by atoms with van der Waals surface area (Å²) in [7, 11) is 0. The summed E-state index contributed by atoms with van der Waals surface area (Å²) < 4.78 is 0. The number of fused-ring (bicyclic) bond motifs is 1. The molecule has 4 rings (SSSR count). The van der Waals surface area contributed by atoms with Gasteiger partial charge in [-0.2, -0.15) is 0 Å². The molecule has 3 aromatic carbocycles. The van der Waals surface area contributed by atoms with Gasteiger partial charge in [0.05, 0.1) is 12.8 Å². The molecule has 0 saturated heterocycles. The lowest BCUT2D eigenvalue weighted by Gasteiger charge is -2.29. The fourth-order valence-corrected chi connectivity index (χ4v) is 4.11. The van der Waals surface area contributed by atoms with E-state index in [2.05, 4.69) is 23.3 Å². The van der Waals surface area contributed by atoms with E-state index in [1.54, 1.807) is 18.2 Å². The van der Waals surface area contributed by atoms with Gasteiger partial charge in [-0.25, -0.2) is 0 Å². The molecule has 6 nitrogen and oxygen atoms in total. The molecular formula is C28H27N3O3. The SMILES string of the molecule is C=CC(=O)Nc1cccc(CC(=O)Nc2ccc(CC(=O)N3CCCc4ccccc43)cc2)c1. The van der Waals surface area contributed by atoms with Crippen molar-refractivity contribution in [1.82, 2.24) is 0 Å². The fraction of sp³-hybridized carbons (Fsp3) is 0.179. The molecule has 2 N–H and O–H groups in total. The van der Waals surface area contributed by atoms with Gasteiger partial charge < -0.3 is 15.5 Å². The maximum atomic E-state index is 12.9. The molecule has 3 aromatic rings. The fourth-order valence-electron chi connectivity index (χ4n) is 4.11. The van der Waals surface area contributed by atoms with Crippen molar-refractivity contribution in [3.63, 3.8) is 0 Å². The molecule has 1 aliphatic rings. The van der Waals surface area contributed by atoms with Crippen LogP contribution in [0, 0.1) is 0 Å². The minimum atomic E-state index is -0.301. The molecule has 0 atom stereocenters. The monoisotopic (exact) mass is 453 g/mol. The number of amides is 3. The Labute approximate surface area is 199 Å². The van der Waals surface area contributed by atoms with Gasteiger partial charge in [-0.1, -0.05) is 49.0 Å². The van der Waals surface area contributed by atoms with E-state index in [-0.39, 0.29) is 24.1 Å². The predicted octanol–water partition coefficient (Wildman–Crippen LogP) is 4.51. The van der Waals surface area contributed by atoms with Crippen LogP contribution in [0.25, 0.3) is 0 Å². The molecule has 0 radical (unpaired) electrons. The normalized spacial score (nSPS) is 12.4. The summed E-state index contributed by atoms with van der Waals surface area (Å²) in [5.74, 6) is -0.391. The third-order valence-electron chi connectivity index (χ3n) is 5.75. The minimum Gasteiger partial charge on any atom is -0.326 e. The topological polar surface area (TPSA) is 78.5 Å². The lowest BCUT2D eigenvalue weighted by atomic mass is 10.0. The average molecular weight is 454 g/mol. The number of carbonyl (C=O) groups is 3. The number of benzene rings is 3. The first-order valence-corrected chi connectivity index (χ1v) is 11.3. The third-order valence-corrected chi connectivity index (χ3v) is 5.75. The van der Waals surface area contributed by atoms with Crippen molar-refractivity contribution in [2.75, 3.05) is 22.1 Å². The number of anilines is 3. The first kappa shape index (κ1) is 23.0. The molecule has 0 unspecified atom stereocenters. The van der Waals surface area contributed by atoms with E-state index in [0.29, 0.717) is 17.8 Å². The summed E-state index contributed by atoms with van der Waals surface area (Å²) in [5.41, 5.74) is 5.19. The molecule has 0 aromatic heterocycles. The number of carbonyl (C=O) groups excluding carboxylic acids is 3. The zero-order valence-electron chi connectivity index (χ0n) is 18.9. The summed E-state index contributed by atoms with van der Waals surface area (Å²) in [6, 6.07) is 22.6. The smallest absolute Gasteiger partial charge is 0.247 e. The number of para-hydroxylation sites is 1. The van der Waals surface area contributed by atoms with Crippen molar-refractivity contribution < 1.29 is 14.4 Å². The molecule has 3 amide bonds. The number of nitrogens with one attached hydrogen (secondary N) is 2. The Bertz CT molecular complexity index is 1220. The van der Waals surface area contributed by atoms with Crippen LogP contribution in [0.4, 0.5) is 17.1 Å². The highest BCUT2D eigenvalue weighted by molar-refractivity contribution is 5.99. The van der Waals surface area contributed by atoms with Crippen LogP contribution in [0.3, 0.4) is 0 Å². The maximum absolute atomic E-state index is 12.9. The van der Waals surface area contributed by atoms with Gasteiger partial charge in [-0.3, -0.25) is 14.4 Å². The number of rotatable bonds is 7. The van der Waals surface area contributed by atoms with Crippen LogP contribution in [0.5, 0.6) is 0 Å². The Kier molecular flexibility index (Phi) is 7.18. The summed E-state index contributed by atoms with van der Waals surface area (Å²) in [6.07, 6.45) is 3.65. The van der Waals surface area contributed by atoms with Crippen molar-refractivity contribution in [1.29, 1.82) is 0 Å². The van der Waals surface area contributed by atoms with Gasteiger partial charge in [0, 0.05) is 23.6 Å². The first-order valence-electron chi connectivity index (χ1n) is 11.3. The van der Waals surface area contributed by atoms with E-state index in [0.717, 1.165) is 36.2 Å². The van der Waals surface area contributed by atoms with E-state index < -0.39 is 0 Å². The number of aryl methyl sites for hydroxylation is 1. The van der Waals surface area contributed by atoms with E-state index in [1.807, 2.05) is 53.4 Å². The maximum Gasteiger partial charge on any atom is 0.247 e. The van der Waals surface area contributed by atoms with Crippen LogP contribution in [0.15, 0.2) is 85.5 Å². The van der Waals surface area contributed by atoms with Crippen molar-refractivity contribution >= 4 is 34.8 Å². The van der Waals surface area contributed by atoms with Crippen molar-refractivity contribution in [3.8, 4) is 0 Å². The van der Waals surface area contributed by atoms with Crippen LogP contribution in [0.1, 0.15) is 23.1 Å². The molecule has 1 aliphatic heterocycles. The van der Waals surface area contributed by atoms with Crippen LogP contribution in [0.2, 0.25) is 0 Å². The largest absolute Gasteiger partial charge is 0.326 e. The first-order chi connectivity index (χ1) is 16.5. The van der Waals surface area contributed by atoms with Gasteiger partial charge in [0.1, 0.15) is 0 Å². The quantitative estimate of drug-likeness (QED) is 0.517. The second-order valence-corrected chi connectivity index (χ2v) is 8.27. The predicted molar refractivity (Wildman–Crippen MR) is 135 cm³/mol. The molecule has 172 valence electrons. The highest BCUT2D eigenvalue weighted by Gasteiger charge is 2.22. The van der Waals surface area contributed by atoms with Crippen LogP contribution >= 0.6 is 0 Å². The van der Waals surface area contributed by atoms with E-state index in [1.165, 1.54) is 11.6 Å². The van der Waals surface area contributed by atoms with Gasteiger partial charge in [0.2, 0.25) is 17.7 Å². The minimum absolute atomic E-state index is 0.0763. The Morgan fingerprint density at radius 1 is 0.853 bits per heavy atom. The molecule has 0 spiro atoms. The van der Waals surface area contributed by atoms with Gasteiger partial charge in [-0.15, -0.1) is 0 Å². The molecular weight excluding hydrogens is 426 g/mol. The van der Waals surface area contributed by atoms with Crippen LogP contribution in [-0.4, -0.2) is 24.3 Å². The summed E-state index contributed by atoms with van der Waals surface area (Å²) in [6.45, 7) is 4.17. The van der Waals surface area contributed by atoms with Gasteiger partial charge in [-0.05, 0) is 65.9 Å². The Morgan fingerprint density at radius 2 is 1.65 bits per heavy atom. The molecule has 1 heterocycles. The number of hydrogen-bond acceptors (Lipinski definition) is 3. The zero-order valence-corrected chi connectivity index (χ0v) is 18.9. The van der Waals surface area contributed by atoms with E-state index >= 15 is 0 Å². The summed E-state index contributed by atoms with van der Waals surface area (Å²) in [4.78, 5) is 38.8. The number of hydrogen-bond donors (Lipinski definition) is 2. The van der Waals surface area contributed by atoms with Gasteiger partial charge in [0.15, 0.2) is 0 Å². The highest BCUT2D eigenvalue weighted by Crippen LogP contribution is 2.27. The van der Waals surface area contributed by atoms with Crippen molar-refractivity contribution in [2.45, 2.75) is 25.7 Å². The summed E-state index contributed by atoms with van der Waals surface area (Å²) in [5, 5.41) is 5.57. The lowest BCUT2D eigenvalue weighted by Crippen LogP contribution is -2.36. The van der Waals surface area contributed by atoms with Crippen LogP contribution in [-0.2, 0) is 33.6 Å². The Hall–Kier alpha value is -4.19. The Morgan fingerprint density at radius 3 is 2.44 bits per heavy atom. The van der Waals surface area contributed by atoms with Crippen molar-refractivity contribution in [2.24, 2.45) is 0 Å². The molecule has 0 saturated carbocycles. The van der Waals surface area contributed by atoms with E-state index in [9.17, 15) is 14.4 Å². The van der Waals surface area contributed by atoms with Crippen LogP contribution < -0.4 is 15.5 Å². The average Bonchev–Trinajstić information content (AvgIpc) is 2.85. The molecule has 34 heavy (non-hydrogen) atoms. The second kappa shape index (κ2) is 10.6. The second-order valence-electron chi connectivity index (χ2n) is 8.27.